The molecule has 3 rings (SSSR count). The molecule has 0 saturated carbocycles. The van der Waals surface area contributed by atoms with Gasteiger partial charge in [-0.25, -0.2) is 0 Å². The number of hydrogen-bond acceptors (Lipinski definition) is 8. The zero-order valence-corrected chi connectivity index (χ0v) is 14.1. The molecule has 0 radical (unpaired) electrons. The first-order valence-corrected chi connectivity index (χ1v) is 8.43. The van der Waals surface area contributed by atoms with Gasteiger partial charge in [0.25, 0.3) is 0 Å². The summed E-state index contributed by atoms with van der Waals surface area (Å²) in [6, 6.07) is 0. The summed E-state index contributed by atoms with van der Waals surface area (Å²) in [5.74, 6) is 0.715. The minimum Gasteiger partial charge on any atom is -0.378 e. The first-order valence-electron chi connectivity index (χ1n) is 8.43. The number of morpholine rings is 1. The van der Waals surface area contributed by atoms with E-state index in [-0.39, 0.29) is 23.7 Å². The summed E-state index contributed by atoms with van der Waals surface area (Å²) in [6.07, 6.45) is 3.28. The van der Waals surface area contributed by atoms with Crippen LogP contribution in [0.25, 0.3) is 0 Å². The molecule has 2 aliphatic rings. The van der Waals surface area contributed by atoms with Crippen molar-refractivity contribution in [1.29, 1.82) is 0 Å². The molecule has 9 heteroatoms. The normalized spacial score (nSPS) is 24.9. The van der Waals surface area contributed by atoms with Gasteiger partial charge in [-0.3, -0.25) is 10.1 Å². The molecule has 0 bridgehead atoms. The molecule has 2 unspecified atom stereocenters. The van der Waals surface area contributed by atoms with Gasteiger partial charge in [-0.15, -0.1) is 0 Å². The van der Waals surface area contributed by atoms with Gasteiger partial charge in [0.05, 0.1) is 17.1 Å². The number of hydrogen-bond donors (Lipinski definition) is 1. The van der Waals surface area contributed by atoms with Crippen LogP contribution >= 0.6 is 0 Å². The Kier molecular flexibility index (Phi) is 4.70. The van der Waals surface area contributed by atoms with Crippen molar-refractivity contribution in [2.24, 2.45) is 0 Å². The van der Waals surface area contributed by atoms with Crippen LogP contribution < -0.4 is 15.5 Å². The Morgan fingerprint density at radius 1 is 1.12 bits per heavy atom. The summed E-state index contributed by atoms with van der Waals surface area (Å²) in [7, 11) is 0. The Morgan fingerprint density at radius 2 is 1.75 bits per heavy atom. The predicted octanol–water partition coefficient (Wildman–Crippen LogP) is 1.57. The van der Waals surface area contributed by atoms with Crippen LogP contribution in [-0.2, 0) is 4.74 Å². The SMILES string of the molecule is CC1CN(c2nc(N3CCCCC3)nc(N)c2[N+](=O)[O-])CC(C)O1. The molecule has 1 aromatic rings. The van der Waals surface area contributed by atoms with E-state index < -0.39 is 4.92 Å². The third-order valence-corrected chi connectivity index (χ3v) is 4.42. The number of rotatable bonds is 3. The molecule has 0 aliphatic carbocycles. The van der Waals surface area contributed by atoms with Crippen LogP contribution in [0.2, 0.25) is 0 Å². The average molecular weight is 336 g/mol. The number of nitrogens with two attached hydrogens (primary N) is 1. The van der Waals surface area contributed by atoms with Crippen molar-refractivity contribution < 1.29 is 9.66 Å². The molecular weight excluding hydrogens is 312 g/mol. The van der Waals surface area contributed by atoms with Crippen molar-refractivity contribution in [3.63, 3.8) is 0 Å². The molecule has 3 heterocycles. The lowest BCUT2D eigenvalue weighted by molar-refractivity contribution is -0.383. The lowest BCUT2D eigenvalue weighted by Gasteiger charge is -2.36. The lowest BCUT2D eigenvalue weighted by atomic mass is 10.1. The van der Waals surface area contributed by atoms with Gasteiger partial charge in [0, 0.05) is 26.2 Å². The first kappa shape index (κ1) is 16.7. The van der Waals surface area contributed by atoms with Crippen LogP contribution in [-0.4, -0.2) is 53.3 Å². The summed E-state index contributed by atoms with van der Waals surface area (Å²) < 4.78 is 5.72. The summed E-state index contributed by atoms with van der Waals surface area (Å²) in [4.78, 5) is 23.7. The monoisotopic (exact) mass is 336 g/mol. The van der Waals surface area contributed by atoms with Crippen LogP contribution in [0.1, 0.15) is 33.1 Å². The van der Waals surface area contributed by atoms with Crippen molar-refractivity contribution in [3.05, 3.63) is 10.1 Å². The average Bonchev–Trinajstić information content (AvgIpc) is 2.53. The van der Waals surface area contributed by atoms with E-state index in [0.29, 0.717) is 24.9 Å². The van der Waals surface area contributed by atoms with Crippen LogP contribution in [0.15, 0.2) is 0 Å². The number of nitro groups is 1. The van der Waals surface area contributed by atoms with Crippen molar-refractivity contribution in [3.8, 4) is 0 Å². The van der Waals surface area contributed by atoms with Crippen molar-refractivity contribution >= 4 is 23.3 Å². The Labute approximate surface area is 140 Å². The fraction of sp³-hybridized carbons (Fsp3) is 0.733. The fourth-order valence-electron chi connectivity index (χ4n) is 3.43. The van der Waals surface area contributed by atoms with Crippen LogP contribution in [0.4, 0.5) is 23.3 Å². The maximum Gasteiger partial charge on any atom is 0.353 e. The largest absolute Gasteiger partial charge is 0.378 e. The predicted molar refractivity (Wildman–Crippen MR) is 91.4 cm³/mol. The van der Waals surface area contributed by atoms with E-state index in [0.717, 1.165) is 25.9 Å². The van der Waals surface area contributed by atoms with Gasteiger partial charge in [0.15, 0.2) is 0 Å². The standard InChI is InChI=1S/C15H24N6O3/c1-10-8-20(9-11(2)24-10)14-12(21(22)23)13(16)17-15(18-14)19-6-4-3-5-7-19/h10-11H,3-9H2,1-2H3,(H2,16,17,18). The number of nitrogen functional groups attached to an aromatic ring is 1. The van der Waals surface area contributed by atoms with Gasteiger partial charge >= 0.3 is 5.69 Å². The van der Waals surface area contributed by atoms with E-state index >= 15 is 0 Å². The lowest BCUT2D eigenvalue weighted by Crippen LogP contribution is -2.46. The van der Waals surface area contributed by atoms with E-state index in [4.69, 9.17) is 10.5 Å². The molecule has 2 saturated heterocycles. The molecule has 9 nitrogen and oxygen atoms in total. The minimum absolute atomic E-state index is 0.0250. The summed E-state index contributed by atoms with van der Waals surface area (Å²) in [6.45, 7) is 6.69. The van der Waals surface area contributed by atoms with Gasteiger partial charge in [0.1, 0.15) is 0 Å². The second kappa shape index (κ2) is 6.76. The Morgan fingerprint density at radius 3 is 2.33 bits per heavy atom. The molecule has 2 N–H and O–H groups in total. The molecule has 1 aromatic heterocycles. The van der Waals surface area contributed by atoms with E-state index in [9.17, 15) is 10.1 Å². The van der Waals surface area contributed by atoms with E-state index in [2.05, 4.69) is 14.9 Å². The zero-order chi connectivity index (χ0) is 17.3. The molecule has 0 spiro atoms. The van der Waals surface area contributed by atoms with Crippen molar-refractivity contribution in [2.45, 2.75) is 45.3 Å². The van der Waals surface area contributed by atoms with Crippen molar-refractivity contribution in [2.75, 3.05) is 41.7 Å². The summed E-state index contributed by atoms with van der Waals surface area (Å²) in [5.41, 5.74) is 5.72. The van der Waals surface area contributed by atoms with Gasteiger partial charge in [0.2, 0.25) is 17.6 Å². The number of nitrogens with zero attached hydrogens (tertiary/aromatic N) is 5. The number of aromatic nitrogens is 2. The quantitative estimate of drug-likeness (QED) is 0.654. The third kappa shape index (κ3) is 3.35. The maximum atomic E-state index is 11.5. The topological polar surface area (TPSA) is 111 Å². The summed E-state index contributed by atoms with van der Waals surface area (Å²) in [5, 5.41) is 11.5. The first-order chi connectivity index (χ1) is 11.5. The number of ether oxygens (including phenoxy) is 1. The highest BCUT2D eigenvalue weighted by molar-refractivity contribution is 5.71. The smallest absolute Gasteiger partial charge is 0.353 e. The van der Waals surface area contributed by atoms with Gasteiger partial charge in [-0.2, -0.15) is 9.97 Å². The fourth-order valence-corrected chi connectivity index (χ4v) is 3.43. The molecule has 24 heavy (non-hydrogen) atoms. The van der Waals surface area contributed by atoms with Crippen LogP contribution in [0.3, 0.4) is 0 Å². The summed E-state index contributed by atoms with van der Waals surface area (Å²) >= 11 is 0. The molecular formula is C15H24N6O3. The third-order valence-electron chi connectivity index (χ3n) is 4.42. The van der Waals surface area contributed by atoms with E-state index in [1.54, 1.807) is 0 Å². The molecule has 0 amide bonds. The van der Waals surface area contributed by atoms with Crippen LogP contribution in [0, 0.1) is 10.1 Å². The number of anilines is 3. The molecule has 132 valence electrons. The number of piperidine rings is 1. The molecule has 0 aromatic carbocycles. The maximum absolute atomic E-state index is 11.5. The Bertz CT molecular complexity index is 609. The Balaban J connectivity index is 2.00. The zero-order valence-electron chi connectivity index (χ0n) is 14.1. The second-order valence-corrected chi connectivity index (χ2v) is 6.55. The highest BCUT2D eigenvalue weighted by atomic mass is 16.6. The highest BCUT2D eigenvalue weighted by Gasteiger charge is 2.32. The second-order valence-electron chi connectivity index (χ2n) is 6.55. The molecule has 2 fully saturated rings. The minimum atomic E-state index is -0.491. The van der Waals surface area contributed by atoms with Gasteiger partial charge < -0.3 is 20.3 Å². The molecule has 2 aliphatic heterocycles. The Hall–Kier alpha value is -2.16. The van der Waals surface area contributed by atoms with E-state index in [1.165, 1.54) is 6.42 Å². The van der Waals surface area contributed by atoms with E-state index in [1.807, 2.05) is 18.7 Å². The van der Waals surface area contributed by atoms with Crippen LogP contribution in [0.5, 0.6) is 0 Å². The highest BCUT2D eigenvalue weighted by Crippen LogP contribution is 2.34. The van der Waals surface area contributed by atoms with Gasteiger partial charge in [-0.1, -0.05) is 0 Å². The van der Waals surface area contributed by atoms with Crippen molar-refractivity contribution in [1.82, 2.24) is 9.97 Å². The molecule has 2 atom stereocenters. The van der Waals surface area contributed by atoms with Gasteiger partial charge in [-0.05, 0) is 33.1 Å².